The van der Waals surface area contributed by atoms with E-state index in [4.69, 9.17) is 11.5 Å². The van der Waals surface area contributed by atoms with Gasteiger partial charge in [-0.15, -0.1) is 0 Å². The van der Waals surface area contributed by atoms with Gasteiger partial charge in [-0.3, -0.25) is 0 Å². The van der Waals surface area contributed by atoms with Crippen molar-refractivity contribution in [3.8, 4) is 0 Å². The molecule has 0 heterocycles. The molecular formula is C27H61N5O2S. The van der Waals surface area contributed by atoms with Gasteiger partial charge in [0.1, 0.15) is 5.37 Å². The molecule has 0 spiro atoms. The van der Waals surface area contributed by atoms with Gasteiger partial charge in [0.2, 0.25) is 0 Å². The van der Waals surface area contributed by atoms with Crippen molar-refractivity contribution >= 4 is 9.84 Å². The van der Waals surface area contributed by atoms with Gasteiger partial charge >= 0.3 is 0 Å². The van der Waals surface area contributed by atoms with Crippen molar-refractivity contribution < 1.29 is 8.42 Å². The first-order valence-electron chi connectivity index (χ1n) is 14.8. The molecule has 0 bridgehead atoms. The van der Waals surface area contributed by atoms with Gasteiger partial charge in [-0.2, -0.15) is 0 Å². The predicted octanol–water partition coefficient (Wildman–Crippen LogP) is 4.07. The molecule has 212 valence electrons. The quantitative estimate of drug-likeness (QED) is 0.0944. The maximum atomic E-state index is 12.4. The van der Waals surface area contributed by atoms with Crippen molar-refractivity contribution in [2.75, 3.05) is 51.6 Å². The van der Waals surface area contributed by atoms with E-state index in [0.29, 0.717) is 6.42 Å². The molecule has 0 aromatic carbocycles. The highest BCUT2D eigenvalue weighted by atomic mass is 32.2. The minimum absolute atomic E-state index is 0.244. The maximum Gasteiger partial charge on any atom is 0.165 e. The van der Waals surface area contributed by atoms with Crippen molar-refractivity contribution in [2.24, 2.45) is 11.5 Å². The molecule has 0 fully saturated rings. The predicted molar refractivity (Wildman–Crippen MR) is 154 cm³/mol. The lowest BCUT2D eigenvalue weighted by atomic mass is 10.1. The van der Waals surface area contributed by atoms with Crippen molar-refractivity contribution in [3.05, 3.63) is 0 Å². The van der Waals surface area contributed by atoms with Gasteiger partial charge in [0.05, 0.1) is 5.75 Å². The minimum Gasteiger partial charge on any atom is -0.330 e. The van der Waals surface area contributed by atoms with Crippen molar-refractivity contribution in [3.63, 3.8) is 0 Å². The molecule has 7 N–H and O–H groups in total. The van der Waals surface area contributed by atoms with Crippen LogP contribution in [0.4, 0.5) is 0 Å². The van der Waals surface area contributed by atoms with E-state index in [1.54, 1.807) is 0 Å². The zero-order valence-electron chi connectivity index (χ0n) is 23.1. The van der Waals surface area contributed by atoms with Crippen LogP contribution in [0.5, 0.6) is 0 Å². The third kappa shape index (κ3) is 25.2. The Bertz CT molecular complexity index is 520. The van der Waals surface area contributed by atoms with Crippen LogP contribution in [-0.2, 0) is 9.84 Å². The van der Waals surface area contributed by atoms with Crippen LogP contribution in [0.1, 0.15) is 116 Å². The summed E-state index contributed by atoms with van der Waals surface area (Å²) in [6, 6.07) is 0. The van der Waals surface area contributed by atoms with Gasteiger partial charge in [0.15, 0.2) is 9.84 Å². The number of hydrogen-bond acceptors (Lipinski definition) is 7. The summed E-state index contributed by atoms with van der Waals surface area (Å²) in [5.41, 5.74) is 11.5. The van der Waals surface area contributed by atoms with E-state index in [9.17, 15) is 8.42 Å². The molecule has 0 rings (SSSR count). The third-order valence-electron chi connectivity index (χ3n) is 6.56. The highest BCUT2D eigenvalue weighted by Gasteiger charge is 2.20. The first-order valence-corrected chi connectivity index (χ1v) is 16.6. The van der Waals surface area contributed by atoms with Crippen molar-refractivity contribution in [1.29, 1.82) is 0 Å². The molecule has 1 unspecified atom stereocenters. The summed E-state index contributed by atoms with van der Waals surface area (Å²) in [6.07, 6.45) is 19.2. The molecule has 0 aliphatic heterocycles. The molecule has 1 atom stereocenters. The van der Waals surface area contributed by atoms with Crippen LogP contribution in [0.2, 0.25) is 0 Å². The fraction of sp³-hybridized carbons (Fsp3) is 1.00. The second kappa shape index (κ2) is 26.8. The van der Waals surface area contributed by atoms with Crippen LogP contribution in [0, 0.1) is 0 Å². The van der Waals surface area contributed by atoms with E-state index in [2.05, 4.69) is 22.9 Å². The Balaban J connectivity index is 3.42. The smallest absolute Gasteiger partial charge is 0.165 e. The van der Waals surface area contributed by atoms with E-state index in [-0.39, 0.29) is 5.75 Å². The summed E-state index contributed by atoms with van der Waals surface area (Å²) in [7, 11) is -3.16. The standard InChI is InChI=1S/C27H61N5O2S/c1-2-3-4-5-6-7-8-9-10-15-26-35(33,34)27(29)18-16-23-32-25-17-24-31-22-14-13-21-30-20-12-11-19-28/h27,30-32H,2-26,28-29H2,1H3. The maximum absolute atomic E-state index is 12.4. The van der Waals surface area contributed by atoms with Crippen LogP contribution in [-0.4, -0.2) is 65.4 Å². The Morgan fingerprint density at radius 2 is 1.00 bits per heavy atom. The number of sulfone groups is 1. The second-order valence-corrected chi connectivity index (χ2v) is 12.4. The summed E-state index contributed by atoms with van der Waals surface area (Å²) in [4.78, 5) is 0. The Kier molecular flexibility index (Phi) is 26.6. The Morgan fingerprint density at radius 1 is 0.571 bits per heavy atom. The molecule has 0 saturated carbocycles. The molecule has 0 aliphatic carbocycles. The minimum atomic E-state index is -3.16. The molecule has 0 radical (unpaired) electrons. The van der Waals surface area contributed by atoms with Gasteiger partial charge in [-0.05, 0) is 97.2 Å². The third-order valence-corrected chi connectivity index (χ3v) is 8.57. The van der Waals surface area contributed by atoms with E-state index >= 15 is 0 Å². The Labute approximate surface area is 218 Å². The van der Waals surface area contributed by atoms with Crippen LogP contribution >= 0.6 is 0 Å². The number of hydrogen-bond donors (Lipinski definition) is 5. The monoisotopic (exact) mass is 519 g/mol. The van der Waals surface area contributed by atoms with Crippen LogP contribution in [0.3, 0.4) is 0 Å². The number of nitrogens with two attached hydrogens (primary N) is 2. The molecule has 35 heavy (non-hydrogen) atoms. The zero-order valence-corrected chi connectivity index (χ0v) is 24.0. The van der Waals surface area contributed by atoms with E-state index < -0.39 is 15.2 Å². The molecule has 0 amide bonds. The average Bonchev–Trinajstić information content (AvgIpc) is 2.84. The first kappa shape index (κ1) is 34.8. The van der Waals surface area contributed by atoms with E-state index in [1.165, 1.54) is 64.2 Å². The first-order chi connectivity index (χ1) is 17.0. The largest absolute Gasteiger partial charge is 0.330 e. The van der Waals surface area contributed by atoms with Gasteiger partial charge in [0, 0.05) is 0 Å². The van der Waals surface area contributed by atoms with Gasteiger partial charge in [-0.1, -0.05) is 64.7 Å². The SMILES string of the molecule is CCCCCCCCCCCCS(=O)(=O)C(N)CCCNCCCNCCCCNCCCCN. The highest BCUT2D eigenvalue weighted by molar-refractivity contribution is 7.91. The fourth-order valence-electron chi connectivity index (χ4n) is 4.16. The van der Waals surface area contributed by atoms with E-state index in [1.807, 2.05) is 0 Å². The Morgan fingerprint density at radius 3 is 1.51 bits per heavy atom. The molecule has 0 saturated heterocycles. The summed E-state index contributed by atoms with van der Waals surface area (Å²) in [5.74, 6) is 0.244. The average molecular weight is 520 g/mol. The lowest BCUT2D eigenvalue weighted by Crippen LogP contribution is -2.33. The van der Waals surface area contributed by atoms with Crippen LogP contribution in [0.15, 0.2) is 0 Å². The topological polar surface area (TPSA) is 122 Å². The van der Waals surface area contributed by atoms with Crippen LogP contribution < -0.4 is 27.4 Å². The molecule has 0 aromatic rings. The summed E-state index contributed by atoms with van der Waals surface area (Å²) in [6.45, 7) is 9.06. The molecular weight excluding hydrogens is 458 g/mol. The van der Waals surface area contributed by atoms with E-state index in [0.717, 1.165) is 84.3 Å². The summed E-state index contributed by atoms with van der Waals surface area (Å²) in [5, 5.41) is 9.64. The lowest BCUT2D eigenvalue weighted by Gasteiger charge is -2.13. The lowest BCUT2D eigenvalue weighted by molar-refractivity contribution is 0.536. The van der Waals surface area contributed by atoms with Crippen molar-refractivity contribution in [1.82, 2.24) is 16.0 Å². The number of rotatable bonds is 29. The molecule has 7 nitrogen and oxygen atoms in total. The normalized spacial score (nSPS) is 12.9. The number of nitrogens with one attached hydrogen (secondary N) is 3. The van der Waals surface area contributed by atoms with Gasteiger partial charge < -0.3 is 27.4 Å². The van der Waals surface area contributed by atoms with Gasteiger partial charge in [0.25, 0.3) is 0 Å². The molecule has 8 heteroatoms. The fourth-order valence-corrected chi connectivity index (χ4v) is 5.59. The zero-order chi connectivity index (χ0) is 25.9. The Hall–Kier alpha value is -0.250. The molecule has 0 aromatic heterocycles. The van der Waals surface area contributed by atoms with Crippen LogP contribution in [0.25, 0.3) is 0 Å². The number of unbranched alkanes of at least 4 members (excludes halogenated alkanes) is 11. The second-order valence-electron chi connectivity index (χ2n) is 10.0. The summed E-state index contributed by atoms with van der Waals surface area (Å²) >= 11 is 0. The highest BCUT2D eigenvalue weighted by Crippen LogP contribution is 2.12. The van der Waals surface area contributed by atoms with Crippen molar-refractivity contribution in [2.45, 2.75) is 121 Å². The molecule has 0 aliphatic rings. The van der Waals surface area contributed by atoms with Gasteiger partial charge in [-0.25, -0.2) is 8.42 Å². The summed E-state index contributed by atoms with van der Waals surface area (Å²) < 4.78 is 24.8.